The van der Waals surface area contributed by atoms with Crippen LogP contribution in [0.25, 0.3) is 0 Å². The molecule has 0 heterocycles. The van der Waals surface area contributed by atoms with Crippen LogP contribution in [-0.2, 0) is 5.60 Å². The molecule has 1 rings (SSSR count). The van der Waals surface area contributed by atoms with Gasteiger partial charge in [-0.1, -0.05) is 19.1 Å². The molecule has 0 fully saturated rings. The first-order valence-electron chi connectivity index (χ1n) is 4.72. The molecular weight excluding hydrogens is 181 g/mol. The van der Waals surface area contributed by atoms with Crippen LogP contribution in [0.3, 0.4) is 0 Å². The molecule has 0 aliphatic heterocycles. The van der Waals surface area contributed by atoms with E-state index in [0.29, 0.717) is 17.5 Å². The van der Waals surface area contributed by atoms with Gasteiger partial charge in [-0.2, -0.15) is 0 Å². The highest BCUT2D eigenvalue weighted by Crippen LogP contribution is 2.25. The van der Waals surface area contributed by atoms with Crippen molar-refractivity contribution >= 4 is 0 Å². The summed E-state index contributed by atoms with van der Waals surface area (Å²) in [7, 11) is 0. The van der Waals surface area contributed by atoms with Crippen molar-refractivity contribution in [3.8, 4) is 0 Å². The van der Waals surface area contributed by atoms with Crippen molar-refractivity contribution in [2.45, 2.75) is 25.9 Å². The van der Waals surface area contributed by atoms with Crippen LogP contribution in [-0.4, -0.2) is 11.7 Å². The molecule has 0 bridgehead atoms. The van der Waals surface area contributed by atoms with E-state index in [4.69, 9.17) is 5.73 Å². The van der Waals surface area contributed by atoms with Gasteiger partial charge >= 0.3 is 0 Å². The van der Waals surface area contributed by atoms with Crippen LogP contribution in [0, 0.1) is 12.7 Å². The highest BCUT2D eigenvalue weighted by Gasteiger charge is 2.25. The first-order valence-corrected chi connectivity index (χ1v) is 4.72. The Labute approximate surface area is 83.6 Å². The molecule has 2 nitrogen and oxygen atoms in total. The largest absolute Gasteiger partial charge is 0.384 e. The van der Waals surface area contributed by atoms with Crippen LogP contribution >= 0.6 is 0 Å². The molecule has 3 heteroatoms. The fraction of sp³-hybridized carbons (Fsp3) is 0.455. The van der Waals surface area contributed by atoms with Crippen LogP contribution in [0.4, 0.5) is 4.39 Å². The first-order chi connectivity index (χ1) is 6.53. The normalized spacial score (nSPS) is 15.2. The smallest absolute Gasteiger partial charge is 0.126 e. The van der Waals surface area contributed by atoms with Crippen molar-refractivity contribution in [1.29, 1.82) is 0 Å². The number of aryl methyl sites for hydroxylation is 1. The van der Waals surface area contributed by atoms with Gasteiger partial charge in [0.2, 0.25) is 0 Å². The minimum absolute atomic E-state index is 0.103. The lowest BCUT2D eigenvalue weighted by Gasteiger charge is -2.25. The van der Waals surface area contributed by atoms with Crippen LogP contribution in [0.15, 0.2) is 18.2 Å². The second-order valence-corrected chi connectivity index (χ2v) is 3.55. The van der Waals surface area contributed by atoms with E-state index in [2.05, 4.69) is 0 Å². The van der Waals surface area contributed by atoms with E-state index in [0.717, 1.165) is 0 Å². The molecule has 0 amide bonds. The highest BCUT2D eigenvalue weighted by atomic mass is 19.1. The van der Waals surface area contributed by atoms with Crippen molar-refractivity contribution in [1.82, 2.24) is 0 Å². The van der Waals surface area contributed by atoms with Crippen LogP contribution in [0.5, 0.6) is 0 Å². The molecule has 0 radical (unpaired) electrons. The van der Waals surface area contributed by atoms with Gasteiger partial charge in [0.1, 0.15) is 11.4 Å². The third-order valence-electron chi connectivity index (χ3n) is 2.63. The van der Waals surface area contributed by atoms with Crippen molar-refractivity contribution in [2.24, 2.45) is 5.73 Å². The summed E-state index contributed by atoms with van der Waals surface area (Å²) < 4.78 is 13.2. The third-order valence-corrected chi connectivity index (χ3v) is 2.63. The lowest BCUT2D eigenvalue weighted by atomic mass is 9.90. The number of hydrogen-bond donors (Lipinski definition) is 2. The maximum absolute atomic E-state index is 13.2. The third kappa shape index (κ3) is 1.94. The van der Waals surface area contributed by atoms with Gasteiger partial charge in [0.25, 0.3) is 0 Å². The van der Waals surface area contributed by atoms with Crippen molar-refractivity contribution in [2.75, 3.05) is 6.54 Å². The fourth-order valence-corrected chi connectivity index (χ4v) is 1.35. The molecule has 78 valence electrons. The van der Waals surface area contributed by atoms with Crippen LogP contribution < -0.4 is 5.73 Å². The number of benzene rings is 1. The summed E-state index contributed by atoms with van der Waals surface area (Å²) in [5, 5.41) is 10.0. The number of nitrogens with two attached hydrogens (primary N) is 1. The summed E-state index contributed by atoms with van der Waals surface area (Å²) in [6, 6.07) is 4.72. The lowest BCUT2D eigenvalue weighted by Crippen LogP contribution is -2.34. The monoisotopic (exact) mass is 197 g/mol. The van der Waals surface area contributed by atoms with Gasteiger partial charge < -0.3 is 10.8 Å². The zero-order valence-corrected chi connectivity index (χ0v) is 8.55. The Morgan fingerprint density at radius 3 is 2.57 bits per heavy atom. The van der Waals surface area contributed by atoms with Crippen molar-refractivity contribution in [3.63, 3.8) is 0 Å². The molecule has 0 aliphatic carbocycles. The summed E-state index contributed by atoms with van der Waals surface area (Å²) in [6.45, 7) is 3.61. The van der Waals surface area contributed by atoms with E-state index in [1.54, 1.807) is 19.1 Å². The molecule has 0 aromatic heterocycles. The Hall–Kier alpha value is -0.930. The summed E-state index contributed by atoms with van der Waals surface area (Å²) >= 11 is 0. The Balaban J connectivity index is 3.12. The second kappa shape index (κ2) is 4.07. The number of rotatable bonds is 3. The predicted octanol–water partition coefficient (Wildman–Crippen LogP) is 1.69. The quantitative estimate of drug-likeness (QED) is 0.774. The van der Waals surface area contributed by atoms with Gasteiger partial charge in [0.05, 0.1) is 0 Å². The molecule has 0 saturated carbocycles. The van der Waals surface area contributed by atoms with E-state index in [-0.39, 0.29) is 12.4 Å². The standard InChI is InChI=1S/C11H16FNO/c1-3-11(14,7-13)9-5-4-8(2)10(12)6-9/h4-6,14H,3,7,13H2,1-2H3. The molecule has 1 aromatic carbocycles. The van der Waals surface area contributed by atoms with E-state index in [1.165, 1.54) is 6.07 Å². The molecule has 0 aliphatic rings. The predicted molar refractivity (Wildman–Crippen MR) is 54.4 cm³/mol. The van der Waals surface area contributed by atoms with Crippen molar-refractivity contribution in [3.05, 3.63) is 35.1 Å². The Morgan fingerprint density at radius 2 is 2.14 bits per heavy atom. The topological polar surface area (TPSA) is 46.2 Å². The minimum atomic E-state index is -1.10. The number of halogens is 1. The maximum atomic E-state index is 13.2. The van der Waals surface area contributed by atoms with Gasteiger partial charge in [-0.05, 0) is 30.5 Å². The number of aliphatic hydroxyl groups is 1. The SMILES string of the molecule is CCC(O)(CN)c1ccc(C)c(F)c1. The molecule has 14 heavy (non-hydrogen) atoms. The Kier molecular flexibility index (Phi) is 3.24. The summed E-state index contributed by atoms with van der Waals surface area (Å²) in [5.74, 6) is -0.303. The van der Waals surface area contributed by atoms with Gasteiger partial charge in [0, 0.05) is 6.54 Å². The molecule has 0 saturated heterocycles. The maximum Gasteiger partial charge on any atom is 0.126 e. The lowest BCUT2D eigenvalue weighted by molar-refractivity contribution is 0.0415. The summed E-state index contributed by atoms with van der Waals surface area (Å²) in [5.41, 5.74) is 5.48. The van der Waals surface area contributed by atoms with Crippen molar-refractivity contribution < 1.29 is 9.50 Å². The zero-order valence-electron chi connectivity index (χ0n) is 8.55. The zero-order chi connectivity index (χ0) is 10.8. The Morgan fingerprint density at radius 1 is 1.50 bits per heavy atom. The average Bonchev–Trinajstić information content (AvgIpc) is 2.21. The molecular formula is C11H16FNO. The molecule has 0 spiro atoms. The summed E-state index contributed by atoms with van der Waals surface area (Å²) in [6.07, 6.45) is 0.478. The molecule has 3 N–H and O–H groups in total. The van der Waals surface area contributed by atoms with E-state index in [1.807, 2.05) is 6.92 Å². The van der Waals surface area contributed by atoms with Crippen LogP contribution in [0.1, 0.15) is 24.5 Å². The van der Waals surface area contributed by atoms with E-state index in [9.17, 15) is 9.50 Å². The van der Waals surface area contributed by atoms with Crippen LogP contribution in [0.2, 0.25) is 0 Å². The van der Waals surface area contributed by atoms with Gasteiger partial charge in [0.15, 0.2) is 0 Å². The van der Waals surface area contributed by atoms with Gasteiger partial charge in [-0.25, -0.2) is 4.39 Å². The fourth-order valence-electron chi connectivity index (χ4n) is 1.35. The van der Waals surface area contributed by atoms with Gasteiger partial charge in [-0.15, -0.1) is 0 Å². The summed E-state index contributed by atoms with van der Waals surface area (Å²) in [4.78, 5) is 0. The number of hydrogen-bond acceptors (Lipinski definition) is 2. The molecule has 1 atom stereocenters. The highest BCUT2D eigenvalue weighted by molar-refractivity contribution is 5.28. The molecule has 1 aromatic rings. The first kappa shape index (κ1) is 11.1. The Bertz CT molecular complexity index is 321. The van der Waals surface area contributed by atoms with Gasteiger partial charge in [-0.3, -0.25) is 0 Å². The second-order valence-electron chi connectivity index (χ2n) is 3.55. The molecule has 1 unspecified atom stereocenters. The van der Waals surface area contributed by atoms with E-state index < -0.39 is 5.60 Å². The van der Waals surface area contributed by atoms with E-state index >= 15 is 0 Å². The average molecular weight is 197 g/mol. The minimum Gasteiger partial charge on any atom is -0.384 e.